The van der Waals surface area contributed by atoms with E-state index in [1.165, 1.54) is 0 Å². The van der Waals surface area contributed by atoms with E-state index < -0.39 is 0 Å². The standard InChI is InChI=1S/C10H8Br2N2/c1-7(11)6-14-10-3-2-9(12)4-8(10)5-13/h2-4,14H,1,6H2. The molecule has 0 aliphatic rings. The van der Waals surface area contributed by atoms with Gasteiger partial charge in [-0.1, -0.05) is 38.4 Å². The highest BCUT2D eigenvalue weighted by molar-refractivity contribution is 9.11. The highest BCUT2D eigenvalue weighted by Gasteiger charge is 2.01. The summed E-state index contributed by atoms with van der Waals surface area (Å²) in [5, 5.41) is 12.0. The molecule has 0 aliphatic heterocycles. The van der Waals surface area contributed by atoms with Crippen LogP contribution in [0.1, 0.15) is 5.56 Å². The average Bonchev–Trinajstić information content (AvgIpc) is 2.15. The summed E-state index contributed by atoms with van der Waals surface area (Å²) in [6.45, 7) is 4.31. The Hall–Kier alpha value is -0.790. The minimum absolute atomic E-state index is 0.607. The van der Waals surface area contributed by atoms with E-state index in [2.05, 4.69) is 49.8 Å². The van der Waals surface area contributed by atoms with Crippen molar-refractivity contribution in [2.45, 2.75) is 0 Å². The van der Waals surface area contributed by atoms with Crippen LogP contribution in [0, 0.1) is 11.3 Å². The summed E-state index contributed by atoms with van der Waals surface area (Å²) in [6.07, 6.45) is 0. The molecular formula is C10H8Br2N2. The van der Waals surface area contributed by atoms with E-state index >= 15 is 0 Å². The van der Waals surface area contributed by atoms with Crippen LogP contribution in [0.25, 0.3) is 0 Å². The number of benzene rings is 1. The smallest absolute Gasteiger partial charge is 0.101 e. The lowest BCUT2D eigenvalue weighted by molar-refractivity contribution is 1.31. The molecule has 0 spiro atoms. The number of rotatable bonds is 3. The molecule has 14 heavy (non-hydrogen) atoms. The fourth-order valence-corrected chi connectivity index (χ4v) is 1.46. The largest absolute Gasteiger partial charge is 0.379 e. The quantitative estimate of drug-likeness (QED) is 0.924. The second kappa shape index (κ2) is 5.18. The van der Waals surface area contributed by atoms with Crippen molar-refractivity contribution >= 4 is 37.5 Å². The van der Waals surface area contributed by atoms with E-state index in [1.54, 1.807) is 6.07 Å². The van der Waals surface area contributed by atoms with Gasteiger partial charge in [0.2, 0.25) is 0 Å². The second-order valence-electron chi connectivity index (χ2n) is 2.67. The number of nitrogens with one attached hydrogen (secondary N) is 1. The average molecular weight is 316 g/mol. The number of hydrogen-bond acceptors (Lipinski definition) is 2. The predicted octanol–water partition coefficient (Wildman–Crippen LogP) is 3.64. The van der Waals surface area contributed by atoms with Crippen LogP contribution in [0.15, 0.2) is 33.7 Å². The number of hydrogen-bond donors (Lipinski definition) is 1. The van der Waals surface area contributed by atoms with Crippen LogP contribution in [-0.4, -0.2) is 6.54 Å². The Balaban J connectivity index is 2.87. The van der Waals surface area contributed by atoms with E-state index in [0.29, 0.717) is 12.1 Å². The van der Waals surface area contributed by atoms with Crippen molar-refractivity contribution in [2.75, 3.05) is 11.9 Å². The molecule has 0 saturated carbocycles. The molecule has 0 aromatic heterocycles. The molecule has 4 heteroatoms. The lowest BCUT2D eigenvalue weighted by Crippen LogP contribution is -2.02. The Morgan fingerprint density at radius 1 is 1.57 bits per heavy atom. The zero-order valence-electron chi connectivity index (χ0n) is 7.35. The predicted molar refractivity (Wildman–Crippen MR) is 65.4 cm³/mol. The fourth-order valence-electron chi connectivity index (χ4n) is 0.954. The molecule has 0 radical (unpaired) electrons. The molecule has 0 saturated heterocycles. The van der Waals surface area contributed by atoms with E-state index in [4.69, 9.17) is 5.26 Å². The molecule has 0 amide bonds. The number of anilines is 1. The molecule has 0 unspecified atom stereocenters. The van der Waals surface area contributed by atoms with Crippen LogP contribution >= 0.6 is 31.9 Å². The summed E-state index contributed by atoms with van der Waals surface area (Å²) in [5.41, 5.74) is 1.43. The third-order valence-electron chi connectivity index (χ3n) is 1.57. The number of nitriles is 1. The molecule has 0 heterocycles. The molecule has 1 aromatic rings. The van der Waals surface area contributed by atoms with Crippen molar-refractivity contribution in [1.29, 1.82) is 5.26 Å². The number of nitrogens with zero attached hydrogens (tertiary/aromatic N) is 1. The molecule has 0 fully saturated rings. The van der Waals surface area contributed by atoms with Crippen LogP contribution in [0.5, 0.6) is 0 Å². The summed E-state index contributed by atoms with van der Waals surface area (Å²) in [4.78, 5) is 0. The van der Waals surface area contributed by atoms with E-state index in [9.17, 15) is 0 Å². The van der Waals surface area contributed by atoms with Gasteiger partial charge in [-0.2, -0.15) is 5.26 Å². The van der Waals surface area contributed by atoms with Gasteiger partial charge >= 0.3 is 0 Å². The van der Waals surface area contributed by atoms with Crippen LogP contribution in [0.2, 0.25) is 0 Å². The fraction of sp³-hybridized carbons (Fsp3) is 0.100. The lowest BCUT2D eigenvalue weighted by Gasteiger charge is -2.07. The Morgan fingerprint density at radius 3 is 2.86 bits per heavy atom. The first-order valence-electron chi connectivity index (χ1n) is 3.90. The maximum Gasteiger partial charge on any atom is 0.101 e. The van der Waals surface area contributed by atoms with Crippen molar-refractivity contribution in [3.63, 3.8) is 0 Å². The Morgan fingerprint density at radius 2 is 2.29 bits per heavy atom. The van der Waals surface area contributed by atoms with Gasteiger partial charge in [-0.15, -0.1) is 0 Å². The van der Waals surface area contributed by atoms with Gasteiger partial charge < -0.3 is 5.32 Å². The van der Waals surface area contributed by atoms with Crippen molar-refractivity contribution in [3.05, 3.63) is 39.3 Å². The van der Waals surface area contributed by atoms with Crippen molar-refractivity contribution in [3.8, 4) is 6.07 Å². The van der Waals surface area contributed by atoms with Gasteiger partial charge in [-0.25, -0.2) is 0 Å². The Kier molecular flexibility index (Phi) is 4.18. The zero-order valence-corrected chi connectivity index (χ0v) is 10.5. The van der Waals surface area contributed by atoms with Crippen LogP contribution in [-0.2, 0) is 0 Å². The van der Waals surface area contributed by atoms with Gasteiger partial charge in [0.05, 0.1) is 11.3 Å². The first-order chi connectivity index (χ1) is 6.63. The normalized spacial score (nSPS) is 9.21. The SMILES string of the molecule is C=C(Br)CNc1ccc(Br)cc1C#N. The molecule has 0 atom stereocenters. The van der Waals surface area contributed by atoms with Gasteiger partial charge in [0, 0.05) is 15.5 Å². The van der Waals surface area contributed by atoms with Gasteiger partial charge in [0.1, 0.15) is 6.07 Å². The highest BCUT2D eigenvalue weighted by atomic mass is 79.9. The van der Waals surface area contributed by atoms with Gasteiger partial charge in [0.15, 0.2) is 0 Å². The van der Waals surface area contributed by atoms with E-state index in [1.807, 2.05) is 12.1 Å². The van der Waals surface area contributed by atoms with Crippen LogP contribution in [0.4, 0.5) is 5.69 Å². The third kappa shape index (κ3) is 3.17. The number of halogens is 2. The third-order valence-corrected chi connectivity index (χ3v) is 2.35. The van der Waals surface area contributed by atoms with Crippen LogP contribution in [0.3, 0.4) is 0 Å². The lowest BCUT2D eigenvalue weighted by atomic mass is 10.2. The first-order valence-corrected chi connectivity index (χ1v) is 5.49. The maximum atomic E-state index is 8.86. The molecule has 1 rings (SSSR count). The monoisotopic (exact) mass is 314 g/mol. The van der Waals surface area contributed by atoms with Crippen molar-refractivity contribution in [2.24, 2.45) is 0 Å². The van der Waals surface area contributed by atoms with Gasteiger partial charge in [-0.3, -0.25) is 0 Å². The summed E-state index contributed by atoms with van der Waals surface area (Å²) in [7, 11) is 0. The second-order valence-corrected chi connectivity index (χ2v) is 4.71. The topological polar surface area (TPSA) is 35.8 Å². The molecular weight excluding hydrogens is 308 g/mol. The minimum Gasteiger partial charge on any atom is -0.379 e. The molecule has 0 bridgehead atoms. The summed E-state index contributed by atoms with van der Waals surface area (Å²) in [6, 6.07) is 7.65. The molecule has 72 valence electrons. The minimum atomic E-state index is 0.607. The van der Waals surface area contributed by atoms with Gasteiger partial charge in [-0.05, 0) is 18.2 Å². The summed E-state index contributed by atoms with van der Waals surface area (Å²) >= 11 is 6.56. The Bertz CT molecular complexity index is 394. The first kappa shape index (κ1) is 11.3. The van der Waals surface area contributed by atoms with E-state index in [-0.39, 0.29) is 0 Å². The maximum absolute atomic E-state index is 8.86. The summed E-state index contributed by atoms with van der Waals surface area (Å²) < 4.78 is 1.75. The highest BCUT2D eigenvalue weighted by Crippen LogP contribution is 2.20. The van der Waals surface area contributed by atoms with Crippen molar-refractivity contribution in [1.82, 2.24) is 0 Å². The zero-order chi connectivity index (χ0) is 10.6. The molecule has 0 aliphatic carbocycles. The van der Waals surface area contributed by atoms with Gasteiger partial charge in [0.25, 0.3) is 0 Å². The molecule has 1 aromatic carbocycles. The molecule has 1 N–H and O–H groups in total. The Labute approximate surface area is 99.9 Å². The van der Waals surface area contributed by atoms with Crippen LogP contribution < -0.4 is 5.32 Å². The van der Waals surface area contributed by atoms with Crippen molar-refractivity contribution < 1.29 is 0 Å². The summed E-state index contributed by atoms with van der Waals surface area (Å²) in [5.74, 6) is 0. The molecule has 2 nitrogen and oxygen atoms in total. The van der Waals surface area contributed by atoms with E-state index in [0.717, 1.165) is 14.6 Å².